The van der Waals surface area contributed by atoms with Crippen LogP contribution in [0.3, 0.4) is 0 Å². The Morgan fingerprint density at radius 1 is 0.968 bits per heavy atom. The first-order valence-corrected chi connectivity index (χ1v) is 11.4. The SMILES string of the molecule is CC(=O)c1ccc(S(=O)(=O)Nc2cccc(CCc3nc4ccccc4n3C)c2)cc1. The summed E-state index contributed by atoms with van der Waals surface area (Å²) in [6, 6.07) is 21.3. The molecule has 1 N–H and O–H groups in total. The second-order valence-corrected chi connectivity index (χ2v) is 9.14. The van der Waals surface area contributed by atoms with E-state index in [4.69, 9.17) is 4.98 Å². The van der Waals surface area contributed by atoms with Crippen LogP contribution in [-0.4, -0.2) is 23.8 Å². The zero-order valence-electron chi connectivity index (χ0n) is 17.4. The van der Waals surface area contributed by atoms with Gasteiger partial charge in [-0.2, -0.15) is 0 Å². The van der Waals surface area contributed by atoms with E-state index in [1.54, 1.807) is 6.07 Å². The maximum atomic E-state index is 12.7. The van der Waals surface area contributed by atoms with Crippen molar-refractivity contribution in [2.24, 2.45) is 7.05 Å². The summed E-state index contributed by atoms with van der Waals surface area (Å²) < 4.78 is 30.1. The van der Waals surface area contributed by atoms with E-state index in [1.807, 2.05) is 49.5 Å². The van der Waals surface area contributed by atoms with Crippen LogP contribution < -0.4 is 4.72 Å². The molecule has 0 fully saturated rings. The van der Waals surface area contributed by atoms with E-state index >= 15 is 0 Å². The second kappa shape index (κ2) is 8.35. The van der Waals surface area contributed by atoms with Gasteiger partial charge < -0.3 is 4.57 Å². The van der Waals surface area contributed by atoms with Crippen molar-refractivity contribution < 1.29 is 13.2 Å². The number of carbonyl (C=O) groups is 1. The molecule has 158 valence electrons. The lowest BCUT2D eigenvalue weighted by Crippen LogP contribution is -2.13. The molecule has 0 radical (unpaired) electrons. The summed E-state index contributed by atoms with van der Waals surface area (Å²) in [7, 11) is -1.73. The number of hydrogen-bond donors (Lipinski definition) is 1. The number of aryl methyl sites for hydroxylation is 3. The summed E-state index contributed by atoms with van der Waals surface area (Å²) >= 11 is 0. The largest absolute Gasteiger partial charge is 0.331 e. The highest BCUT2D eigenvalue weighted by Gasteiger charge is 2.15. The number of rotatable bonds is 7. The van der Waals surface area contributed by atoms with Crippen LogP contribution in [0.25, 0.3) is 11.0 Å². The Morgan fingerprint density at radius 2 is 1.71 bits per heavy atom. The van der Waals surface area contributed by atoms with Gasteiger partial charge in [0.1, 0.15) is 5.82 Å². The molecule has 0 aliphatic carbocycles. The van der Waals surface area contributed by atoms with Crippen molar-refractivity contribution in [1.29, 1.82) is 0 Å². The number of nitrogens with zero attached hydrogens (tertiary/aromatic N) is 2. The molecule has 31 heavy (non-hydrogen) atoms. The highest BCUT2D eigenvalue weighted by molar-refractivity contribution is 7.92. The fourth-order valence-corrected chi connectivity index (χ4v) is 4.60. The number of Topliss-reactive ketones (excluding diaryl/α,β-unsaturated/α-hetero) is 1. The van der Waals surface area contributed by atoms with Crippen LogP contribution in [0.5, 0.6) is 0 Å². The van der Waals surface area contributed by atoms with Gasteiger partial charge in [0.15, 0.2) is 5.78 Å². The lowest BCUT2D eigenvalue weighted by Gasteiger charge is -2.10. The lowest BCUT2D eigenvalue weighted by atomic mass is 10.1. The third-order valence-electron chi connectivity index (χ3n) is 5.27. The molecule has 0 aliphatic heterocycles. The van der Waals surface area contributed by atoms with Crippen molar-refractivity contribution in [3.8, 4) is 0 Å². The Bertz CT molecular complexity index is 1360. The Hall–Kier alpha value is -3.45. The molecule has 0 unspecified atom stereocenters. The van der Waals surface area contributed by atoms with Crippen LogP contribution in [0.1, 0.15) is 28.7 Å². The highest BCUT2D eigenvalue weighted by Crippen LogP contribution is 2.20. The predicted molar refractivity (Wildman–Crippen MR) is 122 cm³/mol. The molecule has 1 aromatic heterocycles. The van der Waals surface area contributed by atoms with Crippen LogP contribution in [0.15, 0.2) is 77.7 Å². The van der Waals surface area contributed by atoms with Gasteiger partial charge in [0.2, 0.25) is 0 Å². The molecule has 4 rings (SSSR count). The van der Waals surface area contributed by atoms with Crippen molar-refractivity contribution in [3.05, 3.63) is 89.7 Å². The summed E-state index contributed by atoms with van der Waals surface area (Å²) in [6.07, 6.45) is 1.48. The van der Waals surface area contributed by atoms with Crippen molar-refractivity contribution >= 4 is 32.5 Å². The fraction of sp³-hybridized carbons (Fsp3) is 0.167. The summed E-state index contributed by atoms with van der Waals surface area (Å²) in [4.78, 5) is 16.2. The molecular weight excluding hydrogens is 410 g/mol. The van der Waals surface area contributed by atoms with E-state index in [0.717, 1.165) is 35.3 Å². The van der Waals surface area contributed by atoms with Gasteiger partial charge in [-0.05, 0) is 55.3 Å². The predicted octanol–water partition coefficient (Wildman–Crippen LogP) is 4.36. The van der Waals surface area contributed by atoms with Crippen LogP contribution in [0, 0.1) is 0 Å². The van der Waals surface area contributed by atoms with Gasteiger partial charge in [0.05, 0.1) is 15.9 Å². The third kappa shape index (κ3) is 4.51. The third-order valence-corrected chi connectivity index (χ3v) is 6.66. The van der Waals surface area contributed by atoms with E-state index in [9.17, 15) is 13.2 Å². The van der Waals surface area contributed by atoms with Gasteiger partial charge in [-0.1, -0.05) is 36.4 Å². The average molecular weight is 434 g/mol. The molecular formula is C24H23N3O3S. The molecule has 0 bridgehead atoms. The number of fused-ring (bicyclic) bond motifs is 1. The van der Waals surface area contributed by atoms with Crippen molar-refractivity contribution in [2.45, 2.75) is 24.7 Å². The van der Waals surface area contributed by atoms with Crippen LogP contribution in [-0.2, 0) is 29.9 Å². The molecule has 0 atom stereocenters. The molecule has 6 nitrogen and oxygen atoms in total. The lowest BCUT2D eigenvalue weighted by molar-refractivity contribution is 0.101. The molecule has 0 amide bonds. The summed E-state index contributed by atoms with van der Waals surface area (Å²) in [6.45, 7) is 1.45. The first-order chi connectivity index (χ1) is 14.8. The van der Waals surface area contributed by atoms with Gasteiger partial charge in [-0.25, -0.2) is 13.4 Å². The maximum absolute atomic E-state index is 12.7. The second-order valence-electron chi connectivity index (χ2n) is 7.46. The number of hydrogen-bond acceptors (Lipinski definition) is 4. The number of imidazole rings is 1. The minimum atomic E-state index is -3.74. The first-order valence-electron chi connectivity index (χ1n) is 9.96. The molecule has 3 aromatic carbocycles. The van der Waals surface area contributed by atoms with Crippen LogP contribution in [0.4, 0.5) is 5.69 Å². The molecule has 0 aliphatic rings. The maximum Gasteiger partial charge on any atom is 0.261 e. The van der Waals surface area contributed by atoms with Crippen LogP contribution >= 0.6 is 0 Å². The summed E-state index contributed by atoms with van der Waals surface area (Å²) in [5.74, 6) is 0.878. The van der Waals surface area contributed by atoms with Gasteiger partial charge in [-0.3, -0.25) is 9.52 Å². The number of sulfonamides is 1. The number of aromatic nitrogens is 2. The number of anilines is 1. The van der Waals surface area contributed by atoms with Gasteiger partial charge in [-0.15, -0.1) is 0 Å². The molecule has 1 heterocycles. The average Bonchev–Trinajstić information content (AvgIpc) is 3.08. The van der Waals surface area contributed by atoms with Crippen LogP contribution in [0.2, 0.25) is 0 Å². The van der Waals surface area contributed by atoms with Crippen molar-refractivity contribution in [1.82, 2.24) is 9.55 Å². The minimum absolute atomic E-state index is 0.106. The Morgan fingerprint density at radius 3 is 2.42 bits per heavy atom. The van der Waals surface area contributed by atoms with Crippen molar-refractivity contribution in [3.63, 3.8) is 0 Å². The molecule has 0 spiro atoms. The number of para-hydroxylation sites is 2. The van der Waals surface area contributed by atoms with E-state index < -0.39 is 10.0 Å². The standard InChI is InChI=1S/C24H23N3O3S/c1-17(28)19-11-13-21(14-12-19)31(29,30)26-20-7-5-6-18(16-20)10-15-24-25-22-8-3-4-9-23(22)27(24)2/h3-9,11-14,16,26H,10,15H2,1-2H3. The van der Waals surface area contributed by atoms with Gasteiger partial charge >= 0.3 is 0 Å². The Balaban J connectivity index is 1.48. The van der Waals surface area contributed by atoms with E-state index in [1.165, 1.54) is 31.2 Å². The van der Waals surface area contributed by atoms with E-state index in [2.05, 4.69) is 9.29 Å². The number of carbonyl (C=O) groups excluding carboxylic acids is 1. The zero-order valence-corrected chi connectivity index (χ0v) is 18.2. The van der Waals surface area contributed by atoms with Crippen molar-refractivity contribution in [2.75, 3.05) is 4.72 Å². The van der Waals surface area contributed by atoms with E-state index in [0.29, 0.717) is 11.3 Å². The quantitative estimate of drug-likeness (QED) is 0.439. The molecule has 7 heteroatoms. The monoisotopic (exact) mass is 433 g/mol. The Labute approximate surface area is 181 Å². The number of benzene rings is 3. The van der Waals surface area contributed by atoms with Gasteiger partial charge in [0, 0.05) is 24.7 Å². The molecule has 0 saturated heterocycles. The topological polar surface area (TPSA) is 81.1 Å². The summed E-state index contributed by atoms with van der Waals surface area (Å²) in [5.41, 5.74) is 4.05. The fourth-order valence-electron chi connectivity index (χ4n) is 3.55. The minimum Gasteiger partial charge on any atom is -0.331 e. The zero-order chi connectivity index (χ0) is 22.0. The smallest absolute Gasteiger partial charge is 0.261 e. The normalized spacial score (nSPS) is 11.5. The number of ketones is 1. The van der Waals surface area contributed by atoms with Gasteiger partial charge in [0.25, 0.3) is 10.0 Å². The highest BCUT2D eigenvalue weighted by atomic mass is 32.2. The number of nitrogens with one attached hydrogen (secondary N) is 1. The molecule has 0 saturated carbocycles. The summed E-state index contributed by atoms with van der Waals surface area (Å²) in [5, 5.41) is 0. The molecule has 4 aromatic rings. The first kappa shape index (κ1) is 20.8. The Kier molecular flexibility index (Phi) is 5.61. The van der Waals surface area contributed by atoms with E-state index in [-0.39, 0.29) is 10.7 Å².